The van der Waals surface area contributed by atoms with Gasteiger partial charge in [-0.25, -0.2) is 0 Å². The van der Waals surface area contributed by atoms with E-state index in [0.717, 1.165) is 29.4 Å². The summed E-state index contributed by atoms with van der Waals surface area (Å²) in [5.41, 5.74) is 4.58. The van der Waals surface area contributed by atoms with Crippen LogP contribution >= 0.6 is 0 Å². The van der Waals surface area contributed by atoms with Crippen molar-refractivity contribution in [1.29, 1.82) is 0 Å². The van der Waals surface area contributed by atoms with Crippen LogP contribution in [0, 0.1) is 19.8 Å². The van der Waals surface area contributed by atoms with Crippen LogP contribution in [0.1, 0.15) is 29.8 Å². The van der Waals surface area contributed by atoms with Crippen LogP contribution in [-0.4, -0.2) is 29.0 Å². The maximum absolute atomic E-state index is 12.2. The summed E-state index contributed by atoms with van der Waals surface area (Å²) in [6.07, 6.45) is 6.16. The minimum absolute atomic E-state index is 0.0846. The molecular weight excluding hydrogens is 284 g/mol. The number of carbonyl (C=O) groups is 1. The van der Waals surface area contributed by atoms with Crippen LogP contribution in [0.5, 0.6) is 0 Å². The molecule has 23 heavy (non-hydrogen) atoms. The van der Waals surface area contributed by atoms with Gasteiger partial charge in [-0.3, -0.25) is 4.79 Å². The maximum atomic E-state index is 12.2. The molecule has 1 aliphatic carbocycles. The van der Waals surface area contributed by atoms with Crippen LogP contribution in [0.25, 0.3) is 11.8 Å². The highest BCUT2D eigenvalue weighted by atomic mass is 16.2. The molecule has 2 aromatic rings. The van der Waals surface area contributed by atoms with Gasteiger partial charge in [0.1, 0.15) is 0 Å². The van der Waals surface area contributed by atoms with Gasteiger partial charge in [-0.15, -0.1) is 0 Å². The molecule has 120 valence electrons. The molecule has 1 fully saturated rings. The van der Waals surface area contributed by atoms with Gasteiger partial charge in [0.2, 0.25) is 5.91 Å². The normalized spacial score (nSPS) is 14.4. The number of para-hydroxylation sites is 1. The fourth-order valence-corrected chi connectivity index (χ4v) is 3.00. The third-order valence-corrected chi connectivity index (χ3v) is 4.50. The monoisotopic (exact) mass is 308 g/mol. The van der Waals surface area contributed by atoms with Crippen molar-refractivity contribution < 1.29 is 4.79 Å². The number of amides is 1. The van der Waals surface area contributed by atoms with E-state index in [1.165, 1.54) is 18.5 Å². The standard InChI is InChI=1S/C20H24N2O/c1-15-13-18(11-12-20(23)21(3)14-17-9-10-17)16(2)22(15)19-7-5-4-6-8-19/h4-8,11-13,17H,9-10,14H2,1-3H3/b12-11-. The predicted molar refractivity (Wildman–Crippen MR) is 94.6 cm³/mol. The SMILES string of the molecule is Cc1cc(/C=C\C(=O)N(C)CC2CC2)c(C)n1-c1ccccc1. The number of nitrogens with zero attached hydrogens (tertiary/aromatic N) is 2. The van der Waals surface area contributed by atoms with Crippen molar-refractivity contribution >= 4 is 12.0 Å². The second kappa shape index (κ2) is 6.45. The molecule has 1 aromatic heterocycles. The number of hydrogen-bond donors (Lipinski definition) is 0. The first-order chi connectivity index (χ1) is 11.1. The highest BCUT2D eigenvalue weighted by Gasteiger charge is 2.24. The van der Waals surface area contributed by atoms with Gasteiger partial charge in [-0.05, 0) is 62.4 Å². The third kappa shape index (κ3) is 3.55. The van der Waals surface area contributed by atoms with E-state index in [0.29, 0.717) is 0 Å². The van der Waals surface area contributed by atoms with Crippen LogP contribution in [-0.2, 0) is 4.79 Å². The molecule has 3 heteroatoms. The number of rotatable bonds is 5. The molecule has 1 aromatic carbocycles. The summed E-state index contributed by atoms with van der Waals surface area (Å²) < 4.78 is 2.22. The van der Waals surface area contributed by atoms with E-state index in [-0.39, 0.29) is 5.91 Å². The van der Waals surface area contributed by atoms with E-state index in [4.69, 9.17) is 0 Å². The summed E-state index contributed by atoms with van der Waals surface area (Å²) in [6, 6.07) is 12.4. The Bertz CT molecular complexity index is 724. The van der Waals surface area contributed by atoms with Gasteiger partial charge in [-0.2, -0.15) is 0 Å². The topological polar surface area (TPSA) is 25.2 Å². The molecule has 0 saturated heterocycles. The maximum Gasteiger partial charge on any atom is 0.246 e. The van der Waals surface area contributed by atoms with Crippen molar-refractivity contribution in [1.82, 2.24) is 9.47 Å². The van der Waals surface area contributed by atoms with Crippen molar-refractivity contribution in [2.75, 3.05) is 13.6 Å². The van der Waals surface area contributed by atoms with Gasteiger partial charge in [-0.1, -0.05) is 18.2 Å². The Kier molecular flexibility index (Phi) is 4.37. The van der Waals surface area contributed by atoms with Gasteiger partial charge in [0.15, 0.2) is 0 Å². The van der Waals surface area contributed by atoms with Crippen molar-refractivity contribution in [2.45, 2.75) is 26.7 Å². The summed E-state index contributed by atoms with van der Waals surface area (Å²) >= 11 is 0. The van der Waals surface area contributed by atoms with Gasteiger partial charge in [0, 0.05) is 36.7 Å². The fraction of sp³-hybridized carbons (Fsp3) is 0.350. The summed E-state index contributed by atoms with van der Waals surface area (Å²) in [5.74, 6) is 0.807. The molecule has 1 aliphatic rings. The zero-order valence-corrected chi connectivity index (χ0v) is 14.1. The highest BCUT2D eigenvalue weighted by Crippen LogP contribution is 2.29. The summed E-state index contributed by atoms with van der Waals surface area (Å²) in [4.78, 5) is 14.0. The number of likely N-dealkylation sites (N-methyl/N-ethyl adjacent to an activating group) is 1. The van der Waals surface area contributed by atoms with Gasteiger partial charge < -0.3 is 9.47 Å². The first kappa shape index (κ1) is 15.6. The molecule has 1 amide bonds. The largest absolute Gasteiger partial charge is 0.342 e. The van der Waals surface area contributed by atoms with Crippen molar-refractivity contribution in [2.24, 2.45) is 5.92 Å². The van der Waals surface area contributed by atoms with Gasteiger partial charge in [0.25, 0.3) is 0 Å². The number of hydrogen-bond acceptors (Lipinski definition) is 1. The Morgan fingerprint density at radius 3 is 2.61 bits per heavy atom. The molecule has 0 atom stereocenters. The van der Waals surface area contributed by atoms with Crippen LogP contribution in [0.2, 0.25) is 0 Å². The number of benzene rings is 1. The Morgan fingerprint density at radius 2 is 1.96 bits per heavy atom. The molecular formula is C20H24N2O. The van der Waals surface area contributed by atoms with Gasteiger partial charge >= 0.3 is 0 Å². The predicted octanol–water partition coefficient (Wildman–Crippen LogP) is 3.98. The molecule has 1 heterocycles. The van der Waals surface area contributed by atoms with Crippen molar-refractivity contribution in [3.05, 3.63) is 59.4 Å². The first-order valence-corrected chi connectivity index (χ1v) is 8.24. The molecule has 0 radical (unpaired) electrons. The second-order valence-corrected chi connectivity index (χ2v) is 6.49. The van der Waals surface area contributed by atoms with E-state index in [9.17, 15) is 4.79 Å². The average Bonchev–Trinajstić information content (AvgIpc) is 3.31. The highest BCUT2D eigenvalue weighted by molar-refractivity contribution is 5.91. The van der Waals surface area contributed by atoms with E-state index in [1.807, 2.05) is 36.2 Å². The zero-order valence-electron chi connectivity index (χ0n) is 14.1. The number of aryl methyl sites for hydroxylation is 1. The summed E-state index contributed by atoms with van der Waals surface area (Å²) in [5, 5.41) is 0. The molecule has 0 unspecified atom stereocenters. The molecule has 0 bridgehead atoms. The lowest BCUT2D eigenvalue weighted by Crippen LogP contribution is -2.26. The Hall–Kier alpha value is -2.29. The molecule has 0 aliphatic heterocycles. The molecule has 1 saturated carbocycles. The molecule has 0 spiro atoms. The second-order valence-electron chi connectivity index (χ2n) is 6.49. The molecule has 3 rings (SSSR count). The fourth-order valence-electron chi connectivity index (χ4n) is 3.00. The lowest BCUT2D eigenvalue weighted by molar-refractivity contribution is -0.124. The number of aromatic nitrogens is 1. The van der Waals surface area contributed by atoms with Crippen LogP contribution in [0.4, 0.5) is 0 Å². The number of carbonyl (C=O) groups excluding carboxylic acids is 1. The third-order valence-electron chi connectivity index (χ3n) is 4.50. The van der Waals surface area contributed by atoms with E-state index < -0.39 is 0 Å². The smallest absolute Gasteiger partial charge is 0.246 e. The average molecular weight is 308 g/mol. The van der Waals surface area contributed by atoms with Crippen molar-refractivity contribution in [3.8, 4) is 5.69 Å². The Balaban J connectivity index is 1.78. The zero-order chi connectivity index (χ0) is 16.4. The van der Waals surface area contributed by atoms with Crippen molar-refractivity contribution in [3.63, 3.8) is 0 Å². The lowest BCUT2D eigenvalue weighted by Gasteiger charge is -2.14. The molecule has 0 N–H and O–H groups in total. The quantitative estimate of drug-likeness (QED) is 0.767. The minimum atomic E-state index is 0.0846. The van der Waals surface area contributed by atoms with Crippen LogP contribution in [0.3, 0.4) is 0 Å². The van der Waals surface area contributed by atoms with Gasteiger partial charge in [0.05, 0.1) is 0 Å². The Morgan fingerprint density at radius 1 is 1.26 bits per heavy atom. The van der Waals surface area contributed by atoms with E-state index >= 15 is 0 Å². The first-order valence-electron chi connectivity index (χ1n) is 8.24. The van der Waals surface area contributed by atoms with Crippen LogP contribution < -0.4 is 0 Å². The summed E-state index contributed by atoms with van der Waals surface area (Å²) in [6.45, 7) is 5.07. The minimum Gasteiger partial charge on any atom is -0.342 e. The van der Waals surface area contributed by atoms with E-state index in [2.05, 4.69) is 36.6 Å². The van der Waals surface area contributed by atoms with Crippen LogP contribution in [0.15, 0.2) is 42.5 Å². The van der Waals surface area contributed by atoms with E-state index in [1.54, 1.807) is 6.08 Å². The lowest BCUT2D eigenvalue weighted by atomic mass is 10.2. The molecule has 3 nitrogen and oxygen atoms in total. The summed E-state index contributed by atoms with van der Waals surface area (Å²) in [7, 11) is 1.89. The Labute approximate surface area is 138 Å².